The maximum atomic E-state index is 14.8. The topological polar surface area (TPSA) is 513 Å². The molecule has 0 spiro atoms. The predicted molar refractivity (Wildman–Crippen MR) is 352 cm³/mol. The summed E-state index contributed by atoms with van der Waals surface area (Å²) in [5.41, 5.74) is 6.69. The first-order valence-corrected chi connectivity index (χ1v) is 31.8. The minimum Gasteiger partial charge on any atom is -0.508 e. The molecule has 19 N–H and O–H groups in total. The Kier molecular flexibility index (Phi) is 31.9. The fourth-order valence-electron chi connectivity index (χ4n) is 10.3. The molecule has 0 unspecified atom stereocenters. The van der Waals surface area contributed by atoms with Crippen LogP contribution in [0.3, 0.4) is 0 Å². The van der Waals surface area contributed by atoms with Crippen LogP contribution in [-0.4, -0.2) is 210 Å². The second-order valence-corrected chi connectivity index (χ2v) is 24.6. The molecule has 2 aromatic heterocycles. The average Bonchev–Trinajstić information content (AvgIpc) is 1.75. The third-order valence-corrected chi connectivity index (χ3v) is 14.9. The molecular formula is C64H94N16O17. The van der Waals surface area contributed by atoms with Crippen LogP contribution in [0, 0.1) is 11.3 Å². The zero-order valence-corrected chi connectivity index (χ0v) is 55.8. The van der Waals surface area contributed by atoms with Gasteiger partial charge < -0.3 is 98.9 Å². The summed E-state index contributed by atoms with van der Waals surface area (Å²) < 4.78 is 6.04. The van der Waals surface area contributed by atoms with Gasteiger partial charge in [-0.2, -0.15) is 0 Å². The van der Waals surface area contributed by atoms with E-state index in [-0.39, 0.29) is 93.9 Å². The number of amides is 10. The molecule has 2 aromatic carbocycles. The number of benzene rings is 2. The van der Waals surface area contributed by atoms with Crippen molar-refractivity contribution < 1.29 is 82.7 Å². The van der Waals surface area contributed by atoms with Gasteiger partial charge in [0, 0.05) is 82.5 Å². The third-order valence-electron chi connectivity index (χ3n) is 14.9. The molecule has 97 heavy (non-hydrogen) atoms. The number of para-hydroxylation sites is 1. The number of nitrogens with one attached hydrogen (secondary N) is 13. The number of imidazole rings is 1. The van der Waals surface area contributed by atoms with E-state index in [2.05, 4.69) is 68.1 Å². The number of aromatic nitrogens is 3. The molecule has 4 aromatic rings. The van der Waals surface area contributed by atoms with E-state index < -0.39 is 132 Å². The van der Waals surface area contributed by atoms with Crippen molar-refractivity contribution in [3.63, 3.8) is 0 Å². The SMILES string of the molecule is CC(=O)O.CC(=O)O.CCNC(=O)[C@@H]1CCCN1C(=O)[C@H](CCCNC(=N)N)NC(=O)[C@H](CC(C)C)NC(=O)[C@@H](COC(C)(C)C)NC(=O)[C@H](Cc1ccc(O)cc1)NC(=O)[C@H](CO)NC(=O)[C@H](Cc1c[nH]c2ccccc12)NC(=O)[C@H](Cc1c[nH]cn1)NC(=O)[C@@H]1CCC(=O)N1. The smallest absolute Gasteiger partial charge is 0.300 e. The van der Waals surface area contributed by atoms with E-state index in [9.17, 15) is 58.2 Å². The number of carbonyl (C=O) groups excluding carboxylic acids is 10. The molecule has 2 saturated heterocycles. The number of guanidine groups is 1. The highest BCUT2D eigenvalue weighted by atomic mass is 16.5. The monoisotopic (exact) mass is 1360 g/mol. The van der Waals surface area contributed by atoms with Crippen LogP contribution in [0.15, 0.2) is 67.3 Å². The number of nitrogens with zero attached hydrogens (tertiary/aromatic N) is 2. The predicted octanol–water partition coefficient (Wildman–Crippen LogP) is -1.28. The van der Waals surface area contributed by atoms with E-state index in [1.165, 1.54) is 41.7 Å². The lowest BCUT2D eigenvalue weighted by Gasteiger charge is -2.31. The number of phenols is 1. The number of carboxylic acid groups (broad SMARTS) is 2. The normalized spacial score (nSPS) is 16.3. The van der Waals surface area contributed by atoms with Gasteiger partial charge in [-0.1, -0.05) is 44.2 Å². The second-order valence-electron chi connectivity index (χ2n) is 24.6. The van der Waals surface area contributed by atoms with Crippen LogP contribution in [0.5, 0.6) is 5.75 Å². The van der Waals surface area contributed by atoms with Crippen molar-refractivity contribution in [2.45, 2.75) is 180 Å². The van der Waals surface area contributed by atoms with Gasteiger partial charge >= 0.3 is 0 Å². The number of H-pyrrole nitrogens is 2. The number of aliphatic carboxylic acids is 2. The standard InChI is InChI=1S/C60H86N16O13.2C2H4O2/c1-7-64-57(87)48-15-11-23-76(48)58(88)41(14-10-22-65-59(61)62)69-51(81)42(24-33(2)3)70-56(86)47(31-89-60(4,5)6)75-52(82)43(25-34-16-18-37(78)19-17-34)71-55(85)46(30-77)74-53(83)44(26-35-28-66-39-13-9-8-12-38(35)39)72-54(84)45(27-36-29-63-32-67-36)73-50(80)40-20-21-49(79)68-40;2*1-2(3)4/h8-9,12-13,16-19,28-29,32-33,40-48,66,77-78H,7,10-11,14-15,20-27,30-31H2,1-6H3,(H,63,67)(H,64,87)(H,68,79)(H,69,81)(H,70,86)(H,71,85)(H,72,84)(H,73,80)(H,74,83)(H,75,82)(H4,61,62,65);2*1H3,(H,3,4)/t40-,41-,42-,43-,44-,45-,46-,47+,48-;;/m0../s1. The van der Waals surface area contributed by atoms with Crippen molar-refractivity contribution in [1.82, 2.24) is 73.0 Å². The van der Waals surface area contributed by atoms with Gasteiger partial charge in [0.15, 0.2) is 5.96 Å². The molecule has 33 heteroatoms. The maximum Gasteiger partial charge on any atom is 0.300 e. The van der Waals surface area contributed by atoms with E-state index in [4.69, 9.17) is 35.7 Å². The summed E-state index contributed by atoms with van der Waals surface area (Å²) in [4.78, 5) is 170. The number of rotatable bonds is 32. The van der Waals surface area contributed by atoms with Crippen molar-refractivity contribution in [3.05, 3.63) is 84.1 Å². The first-order chi connectivity index (χ1) is 45.8. The summed E-state index contributed by atoms with van der Waals surface area (Å²) >= 11 is 0. The quantitative estimate of drug-likeness (QED) is 0.0154. The molecule has 2 aliphatic heterocycles. The zero-order valence-electron chi connectivity index (χ0n) is 55.8. The number of likely N-dealkylation sites (N-methyl/N-ethyl adjacent to an activating group) is 1. The molecule has 6 rings (SSSR count). The van der Waals surface area contributed by atoms with Crippen molar-refractivity contribution in [2.75, 3.05) is 32.8 Å². The molecule has 4 heterocycles. The highest BCUT2D eigenvalue weighted by molar-refractivity contribution is 5.99. The second kappa shape index (κ2) is 39.0. The summed E-state index contributed by atoms with van der Waals surface area (Å²) in [5, 5.41) is 70.8. The Morgan fingerprint density at radius 3 is 1.85 bits per heavy atom. The minimum absolute atomic E-state index is 0.0556. The van der Waals surface area contributed by atoms with Gasteiger partial charge in [0.2, 0.25) is 59.1 Å². The number of hydrogen-bond acceptors (Lipinski definition) is 17. The fraction of sp³-hybridized carbons (Fsp3) is 0.531. The molecule has 10 amide bonds. The average molecular weight is 1360 g/mol. The Morgan fingerprint density at radius 1 is 0.722 bits per heavy atom. The molecule has 33 nitrogen and oxygen atoms in total. The number of aliphatic hydroxyl groups excluding tert-OH is 1. The van der Waals surface area contributed by atoms with Gasteiger partial charge in [-0.3, -0.25) is 62.9 Å². The minimum atomic E-state index is -1.78. The number of fused-ring (bicyclic) bond motifs is 1. The third kappa shape index (κ3) is 27.6. The number of aromatic hydroxyl groups is 1. The van der Waals surface area contributed by atoms with Crippen LogP contribution in [-0.2, 0) is 81.5 Å². The Morgan fingerprint density at radius 2 is 1.28 bits per heavy atom. The number of carbonyl (C=O) groups is 12. The Hall–Kier alpha value is -10.2. The van der Waals surface area contributed by atoms with E-state index in [0.717, 1.165) is 13.8 Å². The number of hydrogen-bond donors (Lipinski definition) is 18. The van der Waals surface area contributed by atoms with Crippen molar-refractivity contribution >= 4 is 87.9 Å². The fourth-order valence-corrected chi connectivity index (χ4v) is 10.3. The van der Waals surface area contributed by atoms with E-state index >= 15 is 0 Å². The number of aromatic amines is 2. The lowest BCUT2D eigenvalue weighted by molar-refractivity contribution is -0.142. The summed E-state index contributed by atoms with van der Waals surface area (Å²) in [6.07, 6.45) is 5.61. The van der Waals surface area contributed by atoms with Crippen LogP contribution >= 0.6 is 0 Å². The Bertz CT molecular complexity index is 3320. The van der Waals surface area contributed by atoms with Gasteiger partial charge in [0.1, 0.15) is 60.1 Å². The first-order valence-electron chi connectivity index (χ1n) is 31.8. The molecule has 2 fully saturated rings. The molecule has 2 aliphatic rings. The van der Waals surface area contributed by atoms with E-state index in [0.29, 0.717) is 47.1 Å². The van der Waals surface area contributed by atoms with Gasteiger partial charge in [-0.05, 0) is 101 Å². The number of likely N-dealkylation sites (tertiary alicyclic amines) is 1. The van der Waals surface area contributed by atoms with Gasteiger partial charge in [-0.15, -0.1) is 0 Å². The van der Waals surface area contributed by atoms with Crippen LogP contribution < -0.4 is 58.9 Å². The Balaban J connectivity index is 0.00000236. The molecule has 0 radical (unpaired) electrons. The lowest BCUT2D eigenvalue weighted by Crippen LogP contribution is -2.62. The summed E-state index contributed by atoms with van der Waals surface area (Å²) in [6, 6.07) is 0.985. The number of ether oxygens (including phenoxy) is 1. The van der Waals surface area contributed by atoms with Crippen molar-refractivity contribution in [1.29, 1.82) is 5.41 Å². The molecule has 0 bridgehead atoms. The molecule has 9 atom stereocenters. The van der Waals surface area contributed by atoms with Crippen LogP contribution in [0.25, 0.3) is 10.9 Å². The molecular weight excluding hydrogens is 1260 g/mol. The van der Waals surface area contributed by atoms with E-state index in [1.807, 2.05) is 13.8 Å². The summed E-state index contributed by atoms with van der Waals surface area (Å²) in [7, 11) is 0. The van der Waals surface area contributed by atoms with Gasteiger partial charge in [-0.25, -0.2) is 4.98 Å². The lowest BCUT2D eigenvalue weighted by atomic mass is 10.0. The largest absolute Gasteiger partial charge is 0.508 e. The highest BCUT2D eigenvalue weighted by Crippen LogP contribution is 2.22. The number of phenolic OH excluding ortho intramolecular Hbond substituents is 1. The number of aliphatic hydroxyl groups is 1. The van der Waals surface area contributed by atoms with Gasteiger partial charge in [0.05, 0.1) is 30.8 Å². The molecule has 0 saturated carbocycles. The van der Waals surface area contributed by atoms with Crippen LogP contribution in [0.2, 0.25) is 0 Å². The van der Waals surface area contributed by atoms with Crippen LogP contribution in [0.1, 0.15) is 117 Å². The van der Waals surface area contributed by atoms with Crippen molar-refractivity contribution in [2.24, 2.45) is 11.7 Å². The Labute approximate surface area is 561 Å². The van der Waals surface area contributed by atoms with Gasteiger partial charge in [0.25, 0.3) is 11.9 Å². The number of nitrogens with two attached hydrogens (primary N) is 1. The maximum absolute atomic E-state index is 14.8. The summed E-state index contributed by atoms with van der Waals surface area (Å²) in [6.45, 7) is 12.0. The first kappa shape index (κ1) is 79.3. The van der Waals surface area contributed by atoms with Crippen LogP contribution in [0.4, 0.5) is 0 Å². The highest BCUT2D eigenvalue weighted by Gasteiger charge is 2.40. The zero-order chi connectivity index (χ0) is 72.1. The van der Waals surface area contributed by atoms with E-state index in [1.54, 1.807) is 58.2 Å². The summed E-state index contributed by atoms with van der Waals surface area (Å²) in [5.74, 6) is -9.54. The molecule has 532 valence electrons. The number of carboxylic acids is 2. The van der Waals surface area contributed by atoms with Crippen molar-refractivity contribution in [3.8, 4) is 5.75 Å². The molecule has 0 aliphatic carbocycles.